The molecule has 1 aromatic carbocycles. The molecule has 0 saturated heterocycles. The van der Waals surface area contributed by atoms with Gasteiger partial charge in [-0.3, -0.25) is 0 Å². The number of methoxy groups -OCH3 is 1. The van der Waals surface area contributed by atoms with E-state index in [-0.39, 0.29) is 12.3 Å². The van der Waals surface area contributed by atoms with Gasteiger partial charge in [0.1, 0.15) is 0 Å². The average Bonchev–Trinajstić information content (AvgIpc) is 2.84. The van der Waals surface area contributed by atoms with Crippen LogP contribution in [-0.2, 0) is 19.1 Å². The van der Waals surface area contributed by atoms with Crippen molar-refractivity contribution in [3.63, 3.8) is 0 Å². The molecule has 7 nitrogen and oxygen atoms in total. The molecule has 128 valence electrons. The van der Waals surface area contributed by atoms with E-state index in [1.807, 2.05) is 6.92 Å². The molecular formula is C16H16INO6. The summed E-state index contributed by atoms with van der Waals surface area (Å²) in [4.78, 5) is 26.9. The number of cyclic esters (lactones) is 1. The summed E-state index contributed by atoms with van der Waals surface area (Å²) in [6.45, 7) is 3.65. The molecule has 0 fully saturated rings. The summed E-state index contributed by atoms with van der Waals surface area (Å²) in [5.74, 6) is 0.236. The Balaban J connectivity index is 2.34. The monoisotopic (exact) mass is 445 g/mol. The van der Waals surface area contributed by atoms with Crippen molar-refractivity contribution < 1.29 is 28.5 Å². The second-order valence-electron chi connectivity index (χ2n) is 4.68. The Kier molecular flexibility index (Phi) is 6.18. The fourth-order valence-corrected chi connectivity index (χ4v) is 2.72. The lowest BCUT2D eigenvalue weighted by atomic mass is 10.1. The number of ether oxygens (including phenoxy) is 4. The zero-order valence-electron chi connectivity index (χ0n) is 13.4. The molecule has 0 bridgehead atoms. The van der Waals surface area contributed by atoms with Crippen molar-refractivity contribution in [3.05, 3.63) is 27.0 Å². The minimum atomic E-state index is -0.494. The van der Waals surface area contributed by atoms with E-state index in [1.165, 1.54) is 7.11 Å². The maximum atomic E-state index is 11.6. The summed E-state index contributed by atoms with van der Waals surface area (Å²) in [6, 6.07) is 3.50. The number of halogens is 1. The van der Waals surface area contributed by atoms with Crippen LogP contribution in [0, 0.1) is 3.57 Å². The molecule has 24 heavy (non-hydrogen) atoms. The first-order valence-corrected chi connectivity index (χ1v) is 8.17. The van der Waals surface area contributed by atoms with E-state index in [9.17, 15) is 9.59 Å². The third kappa shape index (κ3) is 4.47. The quantitative estimate of drug-likeness (QED) is 0.380. The van der Waals surface area contributed by atoms with Crippen molar-refractivity contribution in [2.24, 2.45) is 4.99 Å². The van der Waals surface area contributed by atoms with Crippen molar-refractivity contribution in [1.82, 2.24) is 0 Å². The molecule has 0 atom stereocenters. The lowest BCUT2D eigenvalue weighted by Crippen LogP contribution is -2.14. The number of carbonyl (C=O) groups excluding carboxylic acids is 2. The van der Waals surface area contributed by atoms with E-state index in [4.69, 9.17) is 14.2 Å². The topological polar surface area (TPSA) is 83.4 Å². The van der Waals surface area contributed by atoms with Gasteiger partial charge in [-0.05, 0) is 53.3 Å². The molecular weight excluding hydrogens is 429 g/mol. The summed E-state index contributed by atoms with van der Waals surface area (Å²) < 4.78 is 21.2. The molecule has 0 aromatic heterocycles. The summed E-state index contributed by atoms with van der Waals surface area (Å²) in [5, 5.41) is 0. The van der Waals surface area contributed by atoms with Gasteiger partial charge in [0.05, 0.1) is 17.3 Å². The van der Waals surface area contributed by atoms with Crippen molar-refractivity contribution in [1.29, 1.82) is 0 Å². The zero-order valence-corrected chi connectivity index (χ0v) is 15.6. The van der Waals surface area contributed by atoms with Gasteiger partial charge in [0.2, 0.25) is 0 Å². The molecule has 0 saturated carbocycles. The summed E-state index contributed by atoms with van der Waals surface area (Å²) >= 11 is 2.07. The molecule has 0 amide bonds. The van der Waals surface area contributed by atoms with E-state index >= 15 is 0 Å². The van der Waals surface area contributed by atoms with Crippen LogP contribution >= 0.6 is 22.6 Å². The zero-order chi connectivity index (χ0) is 17.7. The average molecular weight is 445 g/mol. The van der Waals surface area contributed by atoms with Gasteiger partial charge < -0.3 is 18.9 Å². The van der Waals surface area contributed by atoms with Crippen LogP contribution in [0.4, 0.5) is 0 Å². The van der Waals surface area contributed by atoms with Crippen molar-refractivity contribution >= 4 is 46.5 Å². The number of carbonyl (C=O) groups is 2. The van der Waals surface area contributed by atoms with Gasteiger partial charge >= 0.3 is 11.9 Å². The predicted octanol–water partition coefficient (Wildman–Crippen LogP) is 2.56. The molecule has 0 spiro atoms. The predicted molar refractivity (Wildman–Crippen MR) is 95.0 cm³/mol. The third-order valence-electron chi connectivity index (χ3n) is 2.92. The van der Waals surface area contributed by atoms with Gasteiger partial charge in [0.15, 0.2) is 29.7 Å². The normalized spacial score (nSPS) is 15.1. The van der Waals surface area contributed by atoms with Crippen LogP contribution < -0.4 is 9.47 Å². The van der Waals surface area contributed by atoms with Crippen molar-refractivity contribution in [2.75, 3.05) is 20.3 Å². The number of benzene rings is 1. The van der Waals surface area contributed by atoms with E-state index in [0.717, 1.165) is 3.57 Å². The molecule has 0 unspecified atom stereocenters. The smallest absolute Gasteiger partial charge is 0.363 e. The van der Waals surface area contributed by atoms with Gasteiger partial charge in [-0.25, -0.2) is 14.6 Å². The molecule has 1 aromatic rings. The summed E-state index contributed by atoms with van der Waals surface area (Å²) in [7, 11) is 1.29. The SMILES string of the molecule is CCOc1cc(C=C2N=C(C)OC2=O)cc(I)c1OCC(=O)OC. The molecule has 0 aliphatic carbocycles. The lowest BCUT2D eigenvalue weighted by Gasteiger charge is -2.14. The fourth-order valence-electron chi connectivity index (χ4n) is 1.94. The molecule has 1 heterocycles. The largest absolute Gasteiger partial charge is 0.490 e. The lowest BCUT2D eigenvalue weighted by molar-refractivity contribution is -0.143. The first-order valence-electron chi connectivity index (χ1n) is 7.09. The minimum absolute atomic E-state index is 0.217. The molecule has 0 radical (unpaired) electrons. The maximum absolute atomic E-state index is 11.6. The van der Waals surface area contributed by atoms with Crippen molar-refractivity contribution in [2.45, 2.75) is 13.8 Å². The molecule has 1 aliphatic rings. The number of aliphatic imine (C=N–C) groups is 1. The first kappa shape index (κ1) is 18.2. The second kappa shape index (κ2) is 8.13. The summed E-state index contributed by atoms with van der Waals surface area (Å²) in [5.41, 5.74) is 0.924. The van der Waals surface area contributed by atoms with Crippen LogP contribution in [0.1, 0.15) is 19.4 Å². The highest BCUT2D eigenvalue weighted by atomic mass is 127. The third-order valence-corrected chi connectivity index (χ3v) is 3.73. The molecule has 2 rings (SSSR count). The van der Waals surface area contributed by atoms with Crippen LogP contribution in [0.15, 0.2) is 22.8 Å². The Hall–Kier alpha value is -2.10. The fraction of sp³-hybridized carbons (Fsp3) is 0.312. The number of esters is 2. The van der Waals surface area contributed by atoms with Crippen LogP contribution in [0.2, 0.25) is 0 Å². The van der Waals surface area contributed by atoms with Gasteiger partial charge in [-0.1, -0.05) is 0 Å². The van der Waals surface area contributed by atoms with Crippen LogP contribution in [0.5, 0.6) is 11.5 Å². The maximum Gasteiger partial charge on any atom is 0.363 e. The highest BCUT2D eigenvalue weighted by Gasteiger charge is 2.20. The van der Waals surface area contributed by atoms with E-state index in [0.29, 0.717) is 29.6 Å². The molecule has 1 aliphatic heterocycles. The Morgan fingerprint density at radius 3 is 2.71 bits per heavy atom. The highest BCUT2D eigenvalue weighted by molar-refractivity contribution is 14.1. The summed E-state index contributed by atoms with van der Waals surface area (Å²) in [6.07, 6.45) is 1.60. The highest BCUT2D eigenvalue weighted by Crippen LogP contribution is 2.35. The number of hydrogen-bond acceptors (Lipinski definition) is 7. The molecule has 0 N–H and O–H groups in total. The minimum Gasteiger partial charge on any atom is -0.490 e. The first-order chi connectivity index (χ1) is 11.4. The van der Waals surface area contributed by atoms with Crippen molar-refractivity contribution in [3.8, 4) is 11.5 Å². The van der Waals surface area contributed by atoms with E-state index in [2.05, 4.69) is 32.3 Å². The van der Waals surface area contributed by atoms with Gasteiger partial charge in [-0.15, -0.1) is 0 Å². The van der Waals surface area contributed by atoms with Crippen LogP contribution in [-0.4, -0.2) is 38.2 Å². The van der Waals surface area contributed by atoms with Crippen LogP contribution in [0.25, 0.3) is 6.08 Å². The molecule has 8 heteroatoms. The standard InChI is InChI=1S/C16H16INO6/c1-4-22-13-7-10(6-12-16(20)24-9(2)18-12)5-11(17)15(13)23-8-14(19)21-3/h5-7H,4,8H2,1-3H3. The van der Waals surface area contributed by atoms with Gasteiger partial charge in [0.25, 0.3) is 0 Å². The number of rotatable bonds is 6. The Morgan fingerprint density at radius 2 is 2.12 bits per heavy atom. The number of hydrogen-bond donors (Lipinski definition) is 0. The Labute approximate surface area is 152 Å². The van der Waals surface area contributed by atoms with E-state index < -0.39 is 11.9 Å². The van der Waals surface area contributed by atoms with E-state index in [1.54, 1.807) is 25.1 Å². The Bertz CT molecular complexity index is 726. The van der Waals surface area contributed by atoms with Crippen LogP contribution in [0.3, 0.4) is 0 Å². The number of nitrogens with zero attached hydrogens (tertiary/aromatic N) is 1. The Morgan fingerprint density at radius 1 is 1.38 bits per heavy atom. The second-order valence-corrected chi connectivity index (χ2v) is 5.84. The van der Waals surface area contributed by atoms with Gasteiger partial charge in [-0.2, -0.15) is 0 Å². The van der Waals surface area contributed by atoms with Gasteiger partial charge in [0, 0.05) is 6.92 Å².